The zero-order valence-electron chi connectivity index (χ0n) is 5.18. The fourth-order valence-electron chi connectivity index (χ4n) is 0.317. The van der Waals surface area contributed by atoms with E-state index in [-0.39, 0.29) is 0 Å². The summed E-state index contributed by atoms with van der Waals surface area (Å²) in [5.74, 6) is -0.448. The van der Waals surface area contributed by atoms with Crippen molar-refractivity contribution in [3.63, 3.8) is 0 Å². The average molecular weight is 127 g/mol. The van der Waals surface area contributed by atoms with Crippen LogP contribution in [-0.2, 0) is 0 Å². The van der Waals surface area contributed by atoms with Crippen LogP contribution < -0.4 is 5.73 Å². The van der Waals surface area contributed by atoms with Crippen LogP contribution in [-0.4, -0.2) is 6.54 Å². The van der Waals surface area contributed by atoms with E-state index in [0.29, 0.717) is 6.54 Å². The van der Waals surface area contributed by atoms with Crippen molar-refractivity contribution < 1.29 is 4.39 Å². The first-order valence-electron chi connectivity index (χ1n) is 2.65. The van der Waals surface area contributed by atoms with Crippen LogP contribution >= 0.6 is 0 Å². The fraction of sp³-hybridized carbons (Fsp3) is 0.143. The second-order valence-electron chi connectivity index (χ2n) is 1.47. The number of halogens is 1. The Morgan fingerprint density at radius 1 is 1.56 bits per heavy atom. The summed E-state index contributed by atoms with van der Waals surface area (Å²) in [4.78, 5) is 0. The quantitative estimate of drug-likeness (QED) is 0.572. The number of hydrogen-bond acceptors (Lipinski definition) is 1. The minimum absolute atomic E-state index is 0.448. The van der Waals surface area contributed by atoms with E-state index < -0.39 is 5.83 Å². The summed E-state index contributed by atoms with van der Waals surface area (Å²) in [5, 5.41) is 0. The molecule has 0 aromatic heterocycles. The molecule has 0 rings (SSSR count). The van der Waals surface area contributed by atoms with Gasteiger partial charge >= 0.3 is 0 Å². The van der Waals surface area contributed by atoms with E-state index in [0.717, 1.165) is 0 Å². The van der Waals surface area contributed by atoms with Crippen LogP contribution in [0.15, 0.2) is 36.7 Å². The van der Waals surface area contributed by atoms with Crippen molar-refractivity contribution in [3.8, 4) is 0 Å². The maximum atomic E-state index is 11.8. The van der Waals surface area contributed by atoms with Gasteiger partial charge in [-0.2, -0.15) is 0 Å². The van der Waals surface area contributed by atoms with Crippen molar-refractivity contribution in [2.75, 3.05) is 6.54 Å². The van der Waals surface area contributed by atoms with Crippen molar-refractivity contribution in [3.05, 3.63) is 36.7 Å². The van der Waals surface area contributed by atoms with Crippen molar-refractivity contribution in [1.82, 2.24) is 0 Å². The van der Waals surface area contributed by atoms with Crippen LogP contribution in [0.4, 0.5) is 4.39 Å². The van der Waals surface area contributed by atoms with Gasteiger partial charge in [0.1, 0.15) is 5.83 Å². The third-order valence-electron chi connectivity index (χ3n) is 0.660. The fourth-order valence-corrected chi connectivity index (χ4v) is 0.317. The third kappa shape index (κ3) is 7.11. The van der Waals surface area contributed by atoms with Crippen LogP contribution in [0.1, 0.15) is 0 Å². The Bertz CT molecular complexity index is 136. The maximum Gasteiger partial charge on any atom is 0.116 e. The van der Waals surface area contributed by atoms with Gasteiger partial charge in [-0.1, -0.05) is 24.8 Å². The van der Waals surface area contributed by atoms with Crippen LogP contribution in [0.3, 0.4) is 0 Å². The molecule has 0 radical (unpaired) electrons. The van der Waals surface area contributed by atoms with Gasteiger partial charge in [0.05, 0.1) is 0 Å². The lowest BCUT2D eigenvalue weighted by atomic mass is 10.4. The molecule has 50 valence electrons. The molecule has 9 heavy (non-hydrogen) atoms. The molecule has 2 heteroatoms. The van der Waals surface area contributed by atoms with Gasteiger partial charge in [-0.05, 0) is 6.08 Å². The second-order valence-corrected chi connectivity index (χ2v) is 1.47. The first kappa shape index (κ1) is 8.11. The number of nitrogens with two attached hydrogens (primary N) is 1. The van der Waals surface area contributed by atoms with Crippen molar-refractivity contribution in [1.29, 1.82) is 0 Å². The van der Waals surface area contributed by atoms with Gasteiger partial charge in [0.2, 0.25) is 0 Å². The highest BCUT2D eigenvalue weighted by atomic mass is 19.1. The largest absolute Gasteiger partial charge is 0.327 e. The smallest absolute Gasteiger partial charge is 0.116 e. The molecule has 0 heterocycles. The number of rotatable bonds is 3. The molecule has 0 aliphatic heterocycles. The lowest BCUT2D eigenvalue weighted by Crippen LogP contribution is -1.91. The molecule has 1 nitrogen and oxygen atoms in total. The van der Waals surface area contributed by atoms with Gasteiger partial charge in [0.25, 0.3) is 0 Å². The molecule has 0 aromatic carbocycles. The summed E-state index contributed by atoms with van der Waals surface area (Å²) in [6.07, 6.45) is 6.21. The lowest BCUT2D eigenvalue weighted by Gasteiger charge is -1.76. The summed E-state index contributed by atoms with van der Waals surface area (Å²) < 4.78 is 11.8. The van der Waals surface area contributed by atoms with E-state index in [4.69, 9.17) is 5.73 Å². The predicted molar refractivity (Wildman–Crippen MR) is 37.6 cm³/mol. The third-order valence-corrected chi connectivity index (χ3v) is 0.660. The van der Waals surface area contributed by atoms with Crippen LogP contribution in [0, 0.1) is 0 Å². The van der Waals surface area contributed by atoms with Gasteiger partial charge in [-0.3, -0.25) is 0 Å². The Kier molecular flexibility index (Phi) is 4.73. The number of hydrogen-bond donors (Lipinski definition) is 1. The molecule has 0 spiro atoms. The predicted octanol–water partition coefficient (Wildman–Crippen LogP) is 1.54. The minimum Gasteiger partial charge on any atom is -0.327 e. The van der Waals surface area contributed by atoms with Crippen molar-refractivity contribution in [2.24, 2.45) is 5.73 Å². The van der Waals surface area contributed by atoms with E-state index in [1.165, 1.54) is 6.08 Å². The Hall–Kier alpha value is -0.890. The summed E-state index contributed by atoms with van der Waals surface area (Å²) in [6.45, 7) is 3.51. The molecule has 0 bridgehead atoms. The zero-order valence-corrected chi connectivity index (χ0v) is 5.18. The molecule has 0 aliphatic carbocycles. The molecule has 0 fully saturated rings. The molecule has 0 aromatic rings. The standard InChI is InChI=1S/C7H10FN/c1-7(8)5-3-2-4-6-9/h2-5H,1,6,9H2/b4-2-,5-3-. The zero-order chi connectivity index (χ0) is 7.11. The summed E-state index contributed by atoms with van der Waals surface area (Å²) >= 11 is 0. The molecule has 0 amide bonds. The lowest BCUT2D eigenvalue weighted by molar-refractivity contribution is 0.671. The highest BCUT2D eigenvalue weighted by Gasteiger charge is 1.72. The van der Waals surface area contributed by atoms with Gasteiger partial charge < -0.3 is 5.73 Å². The normalized spacial score (nSPS) is 11.3. The van der Waals surface area contributed by atoms with Gasteiger partial charge in [0, 0.05) is 6.54 Å². The Morgan fingerprint density at radius 3 is 2.67 bits per heavy atom. The van der Waals surface area contributed by atoms with Crippen LogP contribution in [0.5, 0.6) is 0 Å². The summed E-state index contributed by atoms with van der Waals surface area (Å²) in [7, 11) is 0. The molecule has 0 unspecified atom stereocenters. The first-order valence-corrected chi connectivity index (χ1v) is 2.65. The highest BCUT2D eigenvalue weighted by Crippen LogP contribution is 1.91. The molecule has 0 saturated heterocycles. The molecule has 2 N–H and O–H groups in total. The topological polar surface area (TPSA) is 26.0 Å². The van der Waals surface area contributed by atoms with Crippen LogP contribution in [0.25, 0.3) is 0 Å². The first-order chi connectivity index (χ1) is 4.27. The van der Waals surface area contributed by atoms with Gasteiger partial charge in [-0.15, -0.1) is 0 Å². The summed E-state index contributed by atoms with van der Waals surface area (Å²) in [5.41, 5.74) is 5.11. The minimum atomic E-state index is -0.448. The monoisotopic (exact) mass is 127 g/mol. The summed E-state index contributed by atoms with van der Waals surface area (Å²) in [6, 6.07) is 0. The molecule has 0 atom stereocenters. The Morgan fingerprint density at radius 2 is 2.22 bits per heavy atom. The van der Waals surface area contributed by atoms with E-state index in [1.54, 1.807) is 18.2 Å². The van der Waals surface area contributed by atoms with Crippen LogP contribution in [0.2, 0.25) is 0 Å². The molecular formula is C7H10FN. The van der Waals surface area contributed by atoms with E-state index in [2.05, 4.69) is 6.58 Å². The maximum absolute atomic E-state index is 11.8. The average Bonchev–Trinajstić information content (AvgIpc) is 1.80. The highest BCUT2D eigenvalue weighted by molar-refractivity contribution is 5.13. The van der Waals surface area contributed by atoms with Crippen molar-refractivity contribution in [2.45, 2.75) is 0 Å². The van der Waals surface area contributed by atoms with E-state index in [1.807, 2.05) is 0 Å². The Balaban J connectivity index is 3.47. The molecule has 0 aliphatic rings. The van der Waals surface area contributed by atoms with E-state index in [9.17, 15) is 4.39 Å². The number of allylic oxidation sites excluding steroid dienone is 4. The van der Waals surface area contributed by atoms with Gasteiger partial charge in [-0.25, -0.2) is 4.39 Å². The Labute approximate surface area is 54.4 Å². The van der Waals surface area contributed by atoms with Crippen molar-refractivity contribution >= 4 is 0 Å². The molecule has 0 saturated carbocycles. The SMILES string of the molecule is C=C(F)/C=C\C=C/CN. The second kappa shape index (κ2) is 5.25. The van der Waals surface area contributed by atoms with E-state index >= 15 is 0 Å². The van der Waals surface area contributed by atoms with Gasteiger partial charge in [0.15, 0.2) is 0 Å². The molecular weight excluding hydrogens is 117 g/mol.